The fourth-order valence-corrected chi connectivity index (χ4v) is 3.56. The summed E-state index contributed by atoms with van der Waals surface area (Å²) in [6.07, 6.45) is -0.484. The molecule has 8 heteroatoms. The minimum atomic E-state index is -1.17. The summed E-state index contributed by atoms with van der Waals surface area (Å²) >= 11 is 3.34. The highest BCUT2D eigenvalue weighted by atomic mass is 79.9. The second-order valence-corrected chi connectivity index (χ2v) is 8.59. The molecule has 0 unspecified atom stereocenters. The molecule has 0 aliphatic rings. The summed E-state index contributed by atoms with van der Waals surface area (Å²) < 4.78 is 6.12. The minimum Gasteiger partial charge on any atom is -0.480 e. The normalized spacial score (nSPS) is 12.3. The number of halogens is 1. The highest BCUT2D eigenvalue weighted by Gasteiger charge is 2.27. The molecule has 2 atom stereocenters. The van der Waals surface area contributed by atoms with Gasteiger partial charge in [-0.05, 0) is 28.8 Å². The van der Waals surface area contributed by atoms with E-state index in [4.69, 9.17) is 4.74 Å². The molecule has 3 N–H and O–H groups in total. The minimum absolute atomic E-state index is 0.0493. The molecule has 0 bridgehead atoms. The van der Waals surface area contributed by atoms with Crippen LogP contribution in [0.5, 0.6) is 0 Å². The number of carbonyl (C=O) groups excluding carboxylic acids is 2. The standard InChI is InChI=1S/C26H25BrN2O5/c27-21-13-11-19(12-14-21)16-23(25(31)32)28-24(30)22(15-18-7-3-1-4-8-18)29-26(33)34-17-20-9-5-2-6-10-20/h1-14,22-23H,15-17H2,(H,28,30)(H,29,33)(H,31,32)/t22-,23+/m0/s1. The van der Waals surface area contributed by atoms with Crippen LogP contribution in [0.4, 0.5) is 4.79 Å². The summed E-state index contributed by atoms with van der Waals surface area (Å²) in [5.74, 6) is -1.77. The van der Waals surface area contributed by atoms with Gasteiger partial charge in [0, 0.05) is 17.3 Å². The fourth-order valence-electron chi connectivity index (χ4n) is 3.29. The fraction of sp³-hybridized carbons (Fsp3) is 0.192. The number of amides is 2. The van der Waals surface area contributed by atoms with Crippen LogP contribution in [-0.2, 0) is 33.8 Å². The van der Waals surface area contributed by atoms with Crippen molar-refractivity contribution in [3.8, 4) is 0 Å². The lowest BCUT2D eigenvalue weighted by atomic mass is 10.0. The second-order valence-electron chi connectivity index (χ2n) is 7.68. The van der Waals surface area contributed by atoms with Gasteiger partial charge in [0.25, 0.3) is 0 Å². The predicted octanol–water partition coefficient (Wildman–Crippen LogP) is 4.10. The molecule has 0 saturated heterocycles. The first-order chi connectivity index (χ1) is 16.4. The summed E-state index contributed by atoms with van der Waals surface area (Å²) in [5, 5.41) is 14.8. The second kappa shape index (κ2) is 12.6. The van der Waals surface area contributed by atoms with E-state index in [1.165, 1.54) is 0 Å². The third-order valence-corrected chi connectivity index (χ3v) is 5.60. The lowest BCUT2D eigenvalue weighted by Gasteiger charge is -2.21. The Morgan fingerprint density at radius 3 is 1.85 bits per heavy atom. The lowest BCUT2D eigenvalue weighted by molar-refractivity contribution is -0.142. The van der Waals surface area contributed by atoms with E-state index in [1.807, 2.05) is 60.7 Å². The molecule has 3 rings (SSSR count). The Labute approximate surface area is 206 Å². The van der Waals surface area contributed by atoms with Crippen molar-refractivity contribution in [2.75, 3.05) is 0 Å². The quantitative estimate of drug-likeness (QED) is 0.370. The van der Waals surface area contributed by atoms with E-state index in [1.54, 1.807) is 24.3 Å². The predicted molar refractivity (Wildman–Crippen MR) is 131 cm³/mol. The van der Waals surface area contributed by atoms with Crippen molar-refractivity contribution in [2.45, 2.75) is 31.5 Å². The maximum Gasteiger partial charge on any atom is 0.408 e. The van der Waals surface area contributed by atoms with Crippen molar-refractivity contribution in [3.05, 3.63) is 106 Å². The Balaban J connectivity index is 1.68. The van der Waals surface area contributed by atoms with E-state index in [9.17, 15) is 19.5 Å². The van der Waals surface area contributed by atoms with Crippen LogP contribution in [0.3, 0.4) is 0 Å². The monoisotopic (exact) mass is 524 g/mol. The molecule has 0 spiro atoms. The van der Waals surface area contributed by atoms with E-state index in [0.717, 1.165) is 21.2 Å². The maximum absolute atomic E-state index is 13.1. The van der Waals surface area contributed by atoms with Crippen molar-refractivity contribution in [1.29, 1.82) is 0 Å². The van der Waals surface area contributed by atoms with Crippen molar-refractivity contribution in [1.82, 2.24) is 10.6 Å². The number of rotatable bonds is 10. The molecular formula is C26H25BrN2O5. The smallest absolute Gasteiger partial charge is 0.408 e. The molecule has 0 aliphatic heterocycles. The Kier molecular flexibility index (Phi) is 9.22. The van der Waals surface area contributed by atoms with Gasteiger partial charge in [-0.3, -0.25) is 4.79 Å². The molecule has 0 fully saturated rings. The van der Waals surface area contributed by atoms with Crippen LogP contribution >= 0.6 is 15.9 Å². The summed E-state index contributed by atoms with van der Waals surface area (Å²) in [7, 11) is 0. The maximum atomic E-state index is 13.1. The number of hydrogen-bond donors (Lipinski definition) is 3. The Bertz CT molecular complexity index is 1090. The van der Waals surface area contributed by atoms with Gasteiger partial charge in [-0.15, -0.1) is 0 Å². The summed E-state index contributed by atoms with van der Waals surface area (Å²) in [4.78, 5) is 37.3. The van der Waals surface area contributed by atoms with Gasteiger partial charge in [0.15, 0.2) is 0 Å². The van der Waals surface area contributed by atoms with Gasteiger partial charge in [0.05, 0.1) is 0 Å². The first kappa shape index (κ1) is 25.0. The van der Waals surface area contributed by atoms with Gasteiger partial charge in [-0.2, -0.15) is 0 Å². The number of carboxylic acids is 1. The molecule has 176 valence electrons. The third kappa shape index (κ3) is 8.04. The van der Waals surface area contributed by atoms with Crippen molar-refractivity contribution in [3.63, 3.8) is 0 Å². The Morgan fingerprint density at radius 1 is 0.735 bits per heavy atom. The molecule has 2 amide bonds. The van der Waals surface area contributed by atoms with E-state index in [2.05, 4.69) is 26.6 Å². The molecule has 7 nitrogen and oxygen atoms in total. The van der Waals surface area contributed by atoms with Crippen LogP contribution < -0.4 is 10.6 Å². The number of ether oxygens (including phenoxy) is 1. The zero-order chi connectivity index (χ0) is 24.3. The number of nitrogens with one attached hydrogen (secondary N) is 2. The Hall–Kier alpha value is -3.65. The topological polar surface area (TPSA) is 105 Å². The molecule has 0 radical (unpaired) electrons. The molecular weight excluding hydrogens is 500 g/mol. The Morgan fingerprint density at radius 2 is 1.26 bits per heavy atom. The number of hydrogen-bond acceptors (Lipinski definition) is 4. The molecule has 3 aromatic carbocycles. The van der Waals surface area contributed by atoms with Crippen LogP contribution in [0.25, 0.3) is 0 Å². The number of alkyl carbamates (subject to hydrolysis) is 1. The average Bonchev–Trinajstić information content (AvgIpc) is 2.84. The van der Waals surface area contributed by atoms with Crippen LogP contribution in [0.1, 0.15) is 16.7 Å². The lowest BCUT2D eigenvalue weighted by Crippen LogP contribution is -2.53. The highest BCUT2D eigenvalue weighted by Crippen LogP contribution is 2.13. The van der Waals surface area contributed by atoms with Crippen LogP contribution in [0.2, 0.25) is 0 Å². The van der Waals surface area contributed by atoms with Gasteiger partial charge >= 0.3 is 12.1 Å². The summed E-state index contributed by atoms with van der Waals surface area (Å²) in [6.45, 7) is 0.0493. The van der Waals surface area contributed by atoms with Crippen LogP contribution in [0, 0.1) is 0 Å². The third-order valence-electron chi connectivity index (χ3n) is 5.07. The van der Waals surface area contributed by atoms with Crippen molar-refractivity contribution < 1.29 is 24.2 Å². The number of carboxylic acid groups (broad SMARTS) is 1. The van der Waals surface area contributed by atoms with Crippen molar-refractivity contribution >= 4 is 33.9 Å². The molecule has 0 saturated carbocycles. The molecule has 0 heterocycles. The largest absolute Gasteiger partial charge is 0.480 e. The SMILES string of the molecule is O=C(N[C@@H](Cc1ccccc1)C(=O)N[C@H](Cc1ccc(Br)cc1)C(=O)O)OCc1ccccc1. The van der Waals surface area contributed by atoms with E-state index in [-0.39, 0.29) is 19.4 Å². The number of benzene rings is 3. The van der Waals surface area contributed by atoms with Crippen LogP contribution in [0.15, 0.2) is 89.4 Å². The van der Waals surface area contributed by atoms with Gasteiger partial charge < -0.3 is 20.5 Å². The van der Waals surface area contributed by atoms with E-state index >= 15 is 0 Å². The van der Waals surface area contributed by atoms with E-state index < -0.39 is 30.1 Å². The summed E-state index contributed by atoms with van der Waals surface area (Å²) in [5.41, 5.74) is 2.37. The van der Waals surface area contributed by atoms with Crippen molar-refractivity contribution in [2.24, 2.45) is 0 Å². The zero-order valence-corrected chi connectivity index (χ0v) is 19.9. The average molecular weight is 525 g/mol. The zero-order valence-electron chi connectivity index (χ0n) is 18.3. The summed E-state index contributed by atoms with van der Waals surface area (Å²) in [6, 6.07) is 23.3. The van der Waals surface area contributed by atoms with Gasteiger partial charge in [0.1, 0.15) is 18.7 Å². The molecule has 34 heavy (non-hydrogen) atoms. The first-order valence-corrected chi connectivity index (χ1v) is 11.5. The molecule has 3 aromatic rings. The van der Waals surface area contributed by atoms with Gasteiger partial charge in [-0.1, -0.05) is 88.7 Å². The van der Waals surface area contributed by atoms with Crippen LogP contribution in [-0.4, -0.2) is 35.2 Å². The van der Waals surface area contributed by atoms with E-state index in [0.29, 0.717) is 0 Å². The number of carbonyl (C=O) groups is 3. The van der Waals surface area contributed by atoms with Gasteiger partial charge in [-0.25, -0.2) is 9.59 Å². The van der Waals surface area contributed by atoms with Gasteiger partial charge in [0.2, 0.25) is 5.91 Å². The molecule has 0 aliphatic carbocycles. The number of aliphatic carboxylic acids is 1. The highest BCUT2D eigenvalue weighted by molar-refractivity contribution is 9.10. The molecule has 0 aromatic heterocycles. The first-order valence-electron chi connectivity index (χ1n) is 10.7.